The highest BCUT2D eigenvalue weighted by molar-refractivity contribution is 7.99. The number of ketones is 1. The number of carbonyl (C=O) groups excluding carboxylic acids is 1. The molecule has 10 nitrogen and oxygen atoms in total. The Kier molecular flexibility index (Phi) is 6.45. The predicted molar refractivity (Wildman–Crippen MR) is 140 cm³/mol. The fraction of sp³-hybridized carbons (Fsp3) is 0. The van der Waals surface area contributed by atoms with Crippen LogP contribution in [0.3, 0.4) is 0 Å². The van der Waals surface area contributed by atoms with Gasteiger partial charge in [0.15, 0.2) is 5.78 Å². The van der Waals surface area contributed by atoms with Crippen LogP contribution in [0.5, 0.6) is 11.5 Å². The molecule has 0 saturated heterocycles. The molecule has 0 atom stereocenters. The Labute approximate surface area is 220 Å². The molecule has 1 aromatic heterocycles. The molecular weight excluding hydrogens is 528 g/mol. The molecule has 0 unspecified atom stereocenters. The van der Waals surface area contributed by atoms with Gasteiger partial charge in [-0.15, -0.1) is 5.10 Å². The summed E-state index contributed by atoms with van der Waals surface area (Å²) in [5.41, 5.74) is 0.728. The van der Waals surface area contributed by atoms with Crippen LogP contribution >= 0.6 is 11.8 Å². The molecule has 4 aromatic carbocycles. The van der Waals surface area contributed by atoms with E-state index in [1.165, 1.54) is 35.0 Å². The van der Waals surface area contributed by atoms with Gasteiger partial charge in [0, 0.05) is 27.5 Å². The van der Waals surface area contributed by atoms with Gasteiger partial charge in [-0.05, 0) is 46.5 Å². The van der Waals surface area contributed by atoms with E-state index in [0.29, 0.717) is 16.6 Å². The van der Waals surface area contributed by atoms with Gasteiger partial charge in [-0.25, -0.2) is 0 Å². The fourth-order valence-electron chi connectivity index (χ4n) is 4.03. The van der Waals surface area contributed by atoms with E-state index in [4.69, 9.17) is 0 Å². The Morgan fingerprint density at radius 2 is 1.63 bits per heavy atom. The van der Waals surface area contributed by atoms with Gasteiger partial charge in [-0.1, -0.05) is 61.2 Å². The SMILES string of the molecule is C=CC(=O)c1cccc(-n2nnnc2Sc2c(-c3ccccc3S(=O)(=O)O)c(O)c3ccccc3c2O)c1. The number of nitrogens with zero attached hydrogens (tertiary/aromatic N) is 4. The summed E-state index contributed by atoms with van der Waals surface area (Å²) >= 11 is 0.867. The number of hydrogen-bond donors (Lipinski definition) is 3. The second-order valence-corrected chi connectivity index (χ2v) is 10.4. The average molecular weight is 547 g/mol. The minimum Gasteiger partial charge on any atom is -0.507 e. The highest BCUT2D eigenvalue weighted by atomic mass is 32.2. The van der Waals surface area contributed by atoms with E-state index >= 15 is 0 Å². The summed E-state index contributed by atoms with van der Waals surface area (Å²) < 4.78 is 35.6. The lowest BCUT2D eigenvalue weighted by Crippen LogP contribution is -2.03. The largest absolute Gasteiger partial charge is 0.507 e. The van der Waals surface area contributed by atoms with Gasteiger partial charge in [0.2, 0.25) is 5.16 Å². The zero-order valence-corrected chi connectivity index (χ0v) is 21.0. The number of rotatable bonds is 7. The Balaban J connectivity index is 1.76. The number of phenols is 2. The molecule has 0 bridgehead atoms. The smallest absolute Gasteiger partial charge is 0.295 e. The first-order chi connectivity index (χ1) is 18.2. The Hall–Kier alpha value is -4.52. The summed E-state index contributed by atoms with van der Waals surface area (Å²) in [6, 6.07) is 18.6. The zero-order chi connectivity index (χ0) is 27.0. The third kappa shape index (κ3) is 4.41. The van der Waals surface area contributed by atoms with Crippen molar-refractivity contribution in [1.29, 1.82) is 0 Å². The third-order valence-corrected chi connectivity index (χ3v) is 7.70. The number of allylic oxidation sites excluding steroid dienone is 1. The number of fused-ring (bicyclic) bond motifs is 1. The molecule has 0 spiro atoms. The molecule has 0 saturated carbocycles. The van der Waals surface area contributed by atoms with E-state index in [1.54, 1.807) is 48.5 Å². The minimum absolute atomic E-state index is 0.0337. The summed E-state index contributed by atoms with van der Waals surface area (Å²) in [7, 11) is -4.70. The van der Waals surface area contributed by atoms with Crippen molar-refractivity contribution in [3.05, 3.63) is 91.0 Å². The van der Waals surface area contributed by atoms with Gasteiger partial charge in [0.25, 0.3) is 10.1 Å². The monoisotopic (exact) mass is 546 g/mol. The van der Waals surface area contributed by atoms with Gasteiger partial charge in [-0.2, -0.15) is 13.1 Å². The Morgan fingerprint density at radius 3 is 2.34 bits per heavy atom. The summed E-state index contributed by atoms with van der Waals surface area (Å²) in [6.45, 7) is 3.50. The van der Waals surface area contributed by atoms with Crippen LogP contribution in [0.2, 0.25) is 0 Å². The number of carbonyl (C=O) groups is 1. The molecule has 0 amide bonds. The first-order valence-corrected chi connectivity index (χ1v) is 13.2. The Morgan fingerprint density at radius 1 is 0.947 bits per heavy atom. The van der Waals surface area contributed by atoms with Crippen LogP contribution in [0.4, 0.5) is 0 Å². The standard InChI is InChI=1S/C26H18N4O6S2/c1-2-20(31)15-8-7-9-16(14-15)30-26(27-28-29-30)37-25-22(19-12-5-6-13-21(19)38(34,35)36)23(32)17-10-3-4-11-18(17)24(25)33/h2-14,32-33H,1H2,(H,34,35,36). The number of aromatic hydroxyl groups is 2. The molecule has 12 heteroatoms. The van der Waals surface area contributed by atoms with Crippen molar-refractivity contribution < 1.29 is 28.0 Å². The second-order valence-electron chi connectivity index (χ2n) is 8.01. The summed E-state index contributed by atoms with van der Waals surface area (Å²) in [5, 5.41) is 35.1. The maximum Gasteiger partial charge on any atom is 0.295 e. The van der Waals surface area contributed by atoms with Crippen LogP contribution in [0.15, 0.2) is 100 Å². The topological polar surface area (TPSA) is 156 Å². The number of aromatic nitrogens is 4. The van der Waals surface area contributed by atoms with E-state index in [0.717, 1.165) is 11.8 Å². The zero-order valence-electron chi connectivity index (χ0n) is 19.4. The lowest BCUT2D eigenvalue weighted by molar-refractivity contribution is 0.104. The van der Waals surface area contributed by atoms with Crippen LogP contribution < -0.4 is 0 Å². The molecule has 5 rings (SSSR count). The number of hydrogen-bond acceptors (Lipinski definition) is 9. The normalized spacial score (nSPS) is 11.5. The van der Waals surface area contributed by atoms with Crippen LogP contribution in [-0.2, 0) is 10.1 Å². The molecular formula is C26H18N4O6S2. The summed E-state index contributed by atoms with van der Waals surface area (Å²) in [4.78, 5) is 11.7. The first-order valence-electron chi connectivity index (χ1n) is 11.0. The van der Waals surface area contributed by atoms with Crippen molar-refractivity contribution in [1.82, 2.24) is 20.2 Å². The van der Waals surface area contributed by atoms with Crippen molar-refractivity contribution in [3.8, 4) is 28.3 Å². The maximum atomic E-state index is 12.2. The lowest BCUT2D eigenvalue weighted by atomic mass is 9.98. The molecule has 0 fully saturated rings. The maximum absolute atomic E-state index is 12.2. The van der Waals surface area contributed by atoms with Crippen molar-refractivity contribution in [2.75, 3.05) is 0 Å². The van der Waals surface area contributed by atoms with Gasteiger partial charge < -0.3 is 10.2 Å². The number of tetrazole rings is 1. The molecule has 0 aliphatic heterocycles. The summed E-state index contributed by atoms with van der Waals surface area (Å²) in [5.74, 6) is -0.862. The molecule has 0 radical (unpaired) electrons. The van der Waals surface area contributed by atoms with Gasteiger partial charge >= 0.3 is 0 Å². The van der Waals surface area contributed by atoms with Crippen LogP contribution in [0.1, 0.15) is 10.4 Å². The predicted octanol–water partition coefficient (Wildman–Crippen LogP) is 4.66. The third-order valence-electron chi connectivity index (χ3n) is 5.75. The van der Waals surface area contributed by atoms with E-state index in [9.17, 15) is 28.0 Å². The highest BCUT2D eigenvalue weighted by Gasteiger charge is 2.27. The van der Waals surface area contributed by atoms with E-state index in [1.807, 2.05) is 0 Å². The van der Waals surface area contributed by atoms with Gasteiger partial charge in [-0.3, -0.25) is 9.35 Å². The molecule has 38 heavy (non-hydrogen) atoms. The van der Waals surface area contributed by atoms with Gasteiger partial charge in [0.1, 0.15) is 16.4 Å². The van der Waals surface area contributed by atoms with Crippen LogP contribution in [-0.4, -0.2) is 49.2 Å². The van der Waals surface area contributed by atoms with E-state index in [2.05, 4.69) is 22.1 Å². The number of phenolic OH excluding ortho intramolecular Hbond substituents is 2. The van der Waals surface area contributed by atoms with E-state index < -0.39 is 15.0 Å². The average Bonchev–Trinajstić information content (AvgIpc) is 3.39. The molecule has 0 aliphatic carbocycles. The van der Waals surface area contributed by atoms with E-state index in [-0.39, 0.29) is 43.8 Å². The second kappa shape index (κ2) is 9.74. The molecule has 190 valence electrons. The molecule has 3 N–H and O–H groups in total. The highest BCUT2D eigenvalue weighted by Crippen LogP contribution is 2.51. The Bertz CT molecular complexity index is 1850. The van der Waals surface area contributed by atoms with Crippen LogP contribution in [0, 0.1) is 0 Å². The number of benzene rings is 4. The summed E-state index contributed by atoms with van der Waals surface area (Å²) in [6.07, 6.45) is 1.18. The first kappa shape index (κ1) is 25.1. The molecule has 0 aliphatic rings. The van der Waals surface area contributed by atoms with Crippen molar-refractivity contribution in [3.63, 3.8) is 0 Å². The van der Waals surface area contributed by atoms with Crippen molar-refractivity contribution in [2.45, 2.75) is 14.9 Å². The van der Waals surface area contributed by atoms with Crippen molar-refractivity contribution in [2.24, 2.45) is 0 Å². The fourth-order valence-corrected chi connectivity index (χ4v) is 5.73. The van der Waals surface area contributed by atoms with Crippen LogP contribution in [0.25, 0.3) is 27.6 Å². The molecule has 1 heterocycles. The molecule has 5 aromatic rings. The minimum atomic E-state index is -4.70. The quantitative estimate of drug-likeness (QED) is 0.114. The van der Waals surface area contributed by atoms with Gasteiger partial charge in [0.05, 0.1) is 10.6 Å². The van der Waals surface area contributed by atoms with Crippen molar-refractivity contribution >= 4 is 38.4 Å². The lowest BCUT2D eigenvalue weighted by Gasteiger charge is -2.18.